The van der Waals surface area contributed by atoms with Gasteiger partial charge in [0.1, 0.15) is 17.6 Å². The van der Waals surface area contributed by atoms with Crippen molar-refractivity contribution in [1.82, 2.24) is 9.55 Å². The van der Waals surface area contributed by atoms with Crippen LogP contribution in [0.25, 0.3) is 5.69 Å². The van der Waals surface area contributed by atoms with E-state index in [9.17, 15) is 30.4 Å². The molecule has 4 aromatic rings. The number of imidazole rings is 1. The molecule has 0 unspecified atom stereocenters. The molecule has 0 aliphatic rings. The van der Waals surface area contributed by atoms with Crippen LogP contribution in [-0.2, 0) is 25.8 Å². The fraction of sp³-hybridized carbons (Fsp3) is 0.371. The van der Waals surface area contributed by atoms with Crippen LogP contribution in [-0.4, -0.2) is 75.1 Å². The van der Waals surface area contributed by atoms with Gasteiger partial charge in [0.25, 0.3) is 0 Å². The number of hydrogen-bond acceptors (Lipinski definition) is 7. The van der Waals surface area contributed by atoms with Gasteiger partial charge in [-0.3, -0.25) is 4.57 Å². The Labute approximate surface area is 307 Å². The van der Waals surface area contributed by atoms with Gasteiger partial charge in [-0.05, 0) is 66.9 Å². The number of nitrogens with zero attached hydrogens (tertiary/aromatic N) is 3. The van der Waals surface area contributed by atoms with Crippen LogP contribution < -0.4 is 9.84 Å². The lowest BCUT2D eigenvalue weighted by Gasteiger charge is -2.28. The van der Waals surface area contributed by atoms with E-state index in [0.717, 1.165) is 29.1 Å². The molecule has 3 aromatic carbocycles. The zero-order valence-corrected chi connectivity index (χ0v) is 31.5. The molecule has 0 bridgehead atoms. The van der Waals surface area contributed by atoms with Gasteiger partial charge in [0.15, 0.2) is 26.6 Å². The molecule has 0 aliphatic heterocycles. The largest absolute Gasteiger partial charge is 0.542 e. The molecule has 17 heteroatoms. The van der Waals surface area contributed by atoms with Crippen molar-refractivity contribution < 1.29 is 53.9 Å². The fourth-order valence-electron chi connectivity index (χ4n) is 4.94. The van der Waals surface area contributed by atoms with Crippen molar-refractivity contribution in [3.63, 3.8) is 0 Å². The SMILES string of the molecule is COc1cc(C(C)(C)c2cnc(SCc3c(F)cc(S(=O)(=O)CCCC[N+](C)(C)C)cc3Cl)n2-c2ccc(F)cc2)ccc1F.O=C([O-])C(F)(F)F. The monoisotopic (exact) mass is 793 g/mol. The van der Waals surface area contributed by atoms with E-state index in [1.807, 2.05) is 39.6 Å². The van der Waals surface area contributed by atoms with E-state index >= 15 is 4.39 Å². The number of carbonyl (C=O) groups is 1. The summed E-state index contributed by atoms with van der Waals surface area (Å²) in [7, 11) is 3.79. The van der Waals surface area contributed by atoms with Gasteiger partial charge in [0, 0.05) is 27.4 Å². The van der Waals surface area contributed by atoms with E-state index in [1.165, 1.54) is 43.1 Å². The van der Waals surface area contributed by atoms with Crippen LogP contribution in [0, 0.1) is 17.5 Å². The smallest absolute Gasteiger partial charge is 0.430 e. The predicted octanol–water partition coefficient (Wildman–Crippen LogP) is 7.13. The number of hydrogen-bond donors (Lipinski definition) is 0. The summed E-state index contributed by atoms with van der Waals surface area (Å²) in [4.78, 5) is 13.3. The Morgan fingerprint density at radius 1 is 0.981 bits per heavy atom. The van der Waals surface area contributed by atoms with Crippen molar-refractivity contribution in [2.45, 2.75) is 54.1 Å². The number of thioether (sulfide) groups is 1. The number of quaternary nitrogens is 1. The van der Waals surface area contributed by atoms with Crippen molar-refractivity contribution in [1.29, 1.82) is 0 Å². The van der Waals surface area contributed by atoms with Crippen molar-refractivity contribution in [3.05, 3.63) is 100 Å². The Kier molecular flexibility index (Phi) is 13.9. The molecule has 0 N–H and O–H groups in total. The van der Waals surface area contributed by atoms with Crippen LogP contribution in [0.15, 0.2) is 70.8 Å². The van der Waals surface area contributed by atoms with Crippen LogP contribution in [0.1, 0.15) is 43.5 Å². The molecule has 0 saturated heterocycles. The Bertz CT molecular complexity index is 1960. The molecule has 8 nitrogen and oxygen atoms in total. The van der Waals surface area contributed by atoms with E-state index in [0.29, 0.717) is 23.0 Å². The number of benzene rings is 3. The first-order valence-corrected chi connectivity index (χ1v) is 18.6. The standard InChI is InChI=1S/C33H38ClF3N3O3S2.C2HF3O2/c1-33(2,22-9-14-28(36)30(17-22)43-6)31-20-38-32(39(31)24-12-10-23(35)11-13-24)44-21-26-27(34)18-25(19-29(26)37)45(41,42)16-8-7-15-40(3,4)5;3-2(4,5)1(6)7/h9-14,17-20H,7-8,15-16,21H2,1-6H3;(H,6,7)/q+1;/p-1. The number of carbonyl (C=O) groups excluding carboxylic acids is 1. The second kappa shape index (κ2) is 16.9. The highest BCUT2D eigenvalue weighted by atomic mass is 35.5. The Hall–Kier alpha value is -3.73. The van der Waals surface area contributed by atoms with E-state index < -0.39 is 44.8 Å². The summed E-state index contributed by atoms with van der Waals surface area (Å²) in [5.41, 5.74) is 1.51. The lowest BCUT2D eigenvalue weighted by Crippen LogP contribution is -2.37. The number of halogens is 7. The highest BCUT2D eigenvalue weighted by molar-refractivity contribution is 7.98. The molecule has 4 rings (SSSR count). The minimum atomic E-state index is -5.19. The maximum absolute atomic E-state index is 15.4. The summed E-state index contributed by atoms with van der Waals surface area (Å²) in [6.07, 6.45) is -2.33. The van der Waals surface area contributed by atoms with Crippen LogP contribution in [0.3, 0.4) is 0 Å². The zero-order valence-electron chi connectivity index (χ0n) is 29.2. The number of carboxylic acid groups (broad SMARTS) is 1. The fourth-order valence-corrected chi connectivity index (χ4v) is 7.79. The second-order valence-electron chi connectivity index (χ2n) is 13.2. The van der Waals surface area contributed by atoms with E-state index in [-0.39, 0.29) is 32.7 Å². The van der Waals surface area contributed by atoms with Gasteiger partial charge < -0.3 is 19.1 Å². The van der Waals surface area contributed by atoms with Crippen LogP contribution >= 0.6 is 23.4 Å². The lowest BCUT2D eigenvalue weighted by atomic mass is 9.81. The minimum Gasteiger partial charge on any atom is -0.542 e. The van der Waals surface area contributed by atoms with Gasteiger partial charge in [0.2, 0.25) is 0 Å². The molecule has 0 fully saturated rings. The molecule has 1 heterocycles. The number of methoxy groups -OCH3 is 1. The molecule has 0 spiro atoms. The van der Waals surface area contributed by atoms with Crippen molar-refractivity contribution >= 4 is 39.2 Å². The number of aromatic nitrogens is 2. The van der Waals surface area contributed by atoms with E-state index in [4.69, 9.17) is 26.2 Å². The minimum absolute atomic E-state index is 0.00582. The lowest BCUT2D eigenvalue weighted by molar-refractivity contribution is -0.870. The Morgan fingerprint density at radius 3 is 2.13 bits per heavy atom. The molecule has 0 atom stereocenters. The molecule has 0 amide bonds. The van der Waals surface area contributed by atoms with Crippen LogP contribution in [0.2, 0.25) is 5.02 Å². The number of sulfone groups is 1. The van der Waals surface area contributed by atoms with Gasteiger partial charge in [-0.2, -0.15) is 13.2 Å². The molecule has 52 heavy (non-hydrogen) atoms. The number of ether oxygens (including phenoxy) is 1. The molecule has 1 aromatic heterocycles. The van der Waals surface area contributed by atoms with E-state index in [2.05, 4.69) is 4.98 Å². The third-order valence-electron chi connectivity index (χ3n) is 7.87. The van der Waals surface area contributed by atoms with Crippen LogP contribution in [0.4, 0.5) is 26.3 Å². The van der Waals surface area contributed by atoms with Crippen molar-refractivity contribution in [3.8, 4) is 11.4 Å². The summed E-state index contributed by atoms with van der Waals surface area (Å²) >= 11 is 7.67. The molecular formula is C35H38ClF6N3O5S2. The summed E-state index contributed by atoms with van der Waals surface area (Å²) in [6.45, 7) is 4.72. The van der Waals surface area contributed by atoms with Gasteiger partial charge in [-0.1, -0.05) is 43.3 Å². The summed E-state index contributed by atoms with van der Waals surface area (Å²) < 4.78 is 109. The molecule has 0 aliphatic carbocycles. The van der Waals surface area contributed by atoms with Crippen LogP contribution in [0.5, 0.6) is 5.75 Å². The number of unbranched alkanes of at least 4 members (excludes halogenated alkanes) is 1. The summed E-state index contributed by atoms with van der Waals surface area (Å²) in [5.74, 6) is -4.57. The second-order valence-corrected chi connectivity index (χ2v) is 16.7. The van der Waals surface area contributed by atoms with Gasteiger partial charge >= 0.3 is 6.18 Å². The van der Waals surface area contributed by atoms with E-state index in [1.54, 1.807) is 30.5 Å². The molecule has 0 radical (unpaired) electrons. The zero-order chi connectivity index (χ0) is 39.2. The predicted molar refractivity (Wildman–Crippen MR) is 185 cm³/mol. The third-order valence-corrected chi connectivity index (χ3v) is 11.0. The first kappa shape index (κ1) is 42.7. The Balaban J connectivity index is 0.000000944. The number of rotatable bonds is 13. The number of alkyl halides is 3. The maximum Gasteiger partial charge on any atom is 0.430 e. The van der Waals surface area contributed by atoms with Gasteiger partial charge in [-0.25, -0.2) is 26.6 Å². The molecule has 0 saturated carbocycles. The third kappa shape index (κ3) is 11.1. The maximum atomic E-state index is 15.4. The number of carboxylic acids is 1. The molecule has 284 valence electrons. The summed E-state index contributed by atoms with van der Waals surface area (Å²) in [5, 5.41) is 9.27. The first-order chi connectivity index (χ1) is 24.0. The highest BCUT2D eigenvalue weighted by Crippen LogP contribution is 2.39. The first-order valence-electron chi connectivity index (χ1n) is 15.6. The van der Waals surface area contributed by atoms with Crippen molar-refractivity contribution in [2.24, 2.45) is 0 Å². The average Bonchev–Trinajstić information content (AvgIpc) is 3.47. The van der Waals surface area contributed by atoms with Gasteiger partial charge in [0.05, 0.1) is 57.3 Å². The average molecular weight is 794 g/mol. The quantitative estimate of drug-likeness (QED) is 0.0615. The summed E-state index contributed by atoms with van der Waals surface area (Å²) in [6, 6.07) is 12.8. The number of aliphatic carboxylic acids is 1. The van der Waals surface area contributed by atoms with Gasteiger partial charge in [-0.15, -0.1) is 0 Å². The highest BCUT2D eigenvalue weighted by Gasteiger charge is 2.31. The topological polar surface area (TPSA) is 101 Å². The molecular weight excluding hydrogens is 756 g/mol. The normalized spacial score (nSPS) is 12.3. The Morgan fingerprint density at radius 2 is 1.60 bits per heavy atom. The van der Waals surface area contributed by atoms with Crippen molar-refractivity contribution in [2.75, 3.05) is 40.6 Å².